The molecule has 3 nitrogen and oxygen atoms in total. The van der Waals surface area contributed by atoms with Gasteiger partial charge in [-0.1, -0.05) is 30.3 Å². The zero-order valence-electron chi connectivity index (χ0n) is 10.2. The second-order valence-corrected chi connectivity index (χ2v) is 6.39. The Balaban J connectivity index is 1.71. The fraction of sp³-hybridized carbons (Fsp3) is 0.500. The zero-order chi connectivity index (χ0) is 12.6. The van der Waals surface area contributed by atoms with E-state index in [4.69, 9.17) is 0 Å². The zero-order valence-corrected chi connectivity index (χ0v) is 11.0. The van der Waals surface area contributed by atoms with Crippen LogP contribution in [0.1, 0.15) is 5.56 Å². The van der Waals surface area contributed by atoms with Crippen molar-refractivity contribution in [2.45, 2.75) is 6.54 Å². The van der Waals surface area contributed by atoms with Crippen LogP contribution in [0.2, 0.25) is 0 Å². The Kier molecular flexibility index (Phi) is 3.08. The highest BCUT2D eigenvalue weighted by Gasteiger charge is 2.54. The van der Waals surface area contributed by atoms with Gasteiger partial charge in [0.05, 0.1) is 5.92 Å². The molecule has 0 aliphatic carbocycles. The van der Waals surface area contributed by atoms with Crippen LogP contribution in [0.4, 0.5) is 0 Å². The lowest BCUT2D eigenvalue weighted by Gasteiger charge is -2.40. The fourth-order valence-corrected chi connectivity index (χ4v) is 4.34. The molecule has 1 N–H and O–H groups in total. The molecule has 18 heavy (non-hydrogen) atoms. The molecule has 1 unspecified atom stereocenters. The van der Waals surface area contributed by atoms with E-state index in [2.05, 4.69) is 17.0 Å². The molecule has 2 aliphatic rings. The average Bonchev–Trinajstić information content (AvgIpc) is 2.70. The van der Waals surface area contributed by atoms with Crippen LogP contribution in [0, 0.1) is 11.3 Å². The van der Waals surface area contributed by atoms with Crippen LogP contribution in [-0.2, 0) is 11.3 Å². The molecule has 4 heteroatoms. The molecule has 1 spiro atoms. The summed E-state index contributed by atoms with van der Waals surface area (Å²) < 4.78 is 0. The first kappa shape index (κ1) is 12.1. The summed E-state index contributed by atoms with van der Waals surface area (Å²) in [6, 6.07) is 10.3. The maximum atomic E-state index is 11.4. The van der Waals surface area contributed by atoms with Crippen molar-refractivity contribution in [1.82, 2.24) is 4.90 Å². The highest BCUT2D eigenvalue weighted by atomic mass is 32.2. The second-order valence-electron chi connectivity index (χ2n) is 5.40. The van der Waals surface area contributed by atoms with Crippen molar-refractivity contribution in [3.63, 3.8) is 0 Å². The SMILES string of the molecule is O=C(O)C1CN(Cc2ccccc2)CC12CSC2. The Labute approximate surface area is 111 Å². The molecule has 0 saturated carbocycles. The van der Waals surface area contributed by atoms with Crippen molar-refractivity contribution in [3.05, 3.63) is 35.9 Å². The first-order chi connectivity index (χ1) is 8.70. The molecule has 0 aromatic heterocycles. The summed E-state index contributed by atoms with van der Waals surface area (Å²) in [7, 11) is 0. The Morgan fingerprint density at radius 1 is 1.39 bits per heavy atom. The summed E-state index contributed by atoms with van der Waals surface area (Å²) in [6.07, 6.45) is 0. The monoisotopic (exact) mass is 263 g/mol. The van der Waals surface area contributed by atoms with Crippen LogP contribution in [-0.4, -0.2) is 40.6 Å². The molecule has 0 amide bonds. The van der Waals surface area contributed by atoms with E-state index in [1.807, 2.05) is 30.0 Å². The lowest BCUT2D eigenvalue weighted by Crippen LogP contribution is -2.45. The van der Waals surface area contributed by atoms with Gasteiger partial charge in [0, 0.05) is 36.6 Å². The number of carbonyl (C=O) groups is 1. The van der Waals surface area contributed by atoms with Crippen molar-refractivity contribution >= 4 is 17.7 Å². The van der Waals surface area contributed by atoms with Gasteiger partial charge in [-0.2, -0.15) is 11.8 Å². The number of carboxylic acids is 1. The quantitative estimate of drug-likeness (QED) is 0.904. The maximum Gasteiger partial charge on any atom is 0.308 e. The number of hydrogen-bond donors (Lipinski definition) is 1. The minimum absolute atomic E-state index is 0.0469. The highest BCUT2D eigenvalue weighted by molar-refractivity contribution is 8.00. The predicted octanol–water partition coefficient (Wildman–Crippen LogP) is 1.94. The molecule has 96 valence electrons. The number of thioether (sulfide) groups is 1. The smallest absolute Gasteiger partial charge is 0.308 e. The lowest BCUT2D eigenvalue weighted by molar-refractivity contribution is -0.144. The Bertz CT molecular complexity index is 444. The van der Waals surface area contributed by atoms with E-state index in [1.54, 1.807) is 0 Å². The summed E-state index contributed by atoms with van der Waals surface area (Å²) in [5, 5.41) is 9.36. The summed E-state index contributed by atoms with van der Waals surface area (Å²) in [6.45, 7) is 2.51. The molecule has 2 fully saturated rings. The van der Waals surface area contributed by atoms with Gasteiger partial charge in [0.2, 0.25) is 0 Å². The number of aliphatic carboxylic acids is 1. The number of hydrogen-bond acceptors (Lipinski definition) is 3. The van der Waals surface area contributed by atoms with Gasteiger partial charge in [0.1, 0.15) is 0 Å². The van der Waals surface area contributed by atoms with Crippen molar-refractivity contribution < 1.29 is 9.90 Å². The lowest BCUT2D eigenvalue weighted by atomic mass is 9.81. The van der Waals surface area contributed by atoms with Crippen molar-refractivity contribution in [2.75, 3.05) is 24.6 Å². The van der Waals surface area contributed by atoms with Gasteiger partial charge in [-0.3, -0.25) is 9.69 Å². The Morgan fingerprint density at radius 3 is 2.61 bits per heavy atom. The molecular weight excluding hydrogens is 246 g/mol. The van der Waals surface area contributed by atoms with Crippen LogP contribution in [0.3, 0.4) is 0 Å². The van der Waals surface area contributed by atoms with E-state index in [0.717, 1.165) is 24.6 Å². The molecule has 1 aromatic carbocycles. The third-order valence-corrected chi connectivity index (χ3v) is 5.60. The summed E-state index contributed by atoms with van der Waals surface area (Å²) in [4.78, 5) is 13.7. The summed E-state index contributed by atoms with van der Waals surface area (Å²) in [5.74, 6) is 1.22. The molecular formula is C14H17NO2S. The Hall–Kier alpha value is -1.00. The second kappa shape index (κ2) is 4.59. The van der Waals surface area contributed by atoms with Gasteiger partial charge >= 0.3 is 5.97 Å². The molecule has 1 atom stereocenters. The van der Waals surface area contributed by atoms with E-state index in [-0.39, 0.29) is 11.3 Å². The largest absolute Gasteiger partial charge is 0.481 e. The normalized spacial score (nSPS) is 26.1. The molecule has 1 aromatic rings. The number of rotatable bonds is 3. The molecule has 2 heterocycles. The van der Waals surface area contributed by atoms with Crippen molar-refractivity contribution in [3.8, 4) is 0 Å². The number of likely N-dealkylation sites (tertiary alicyclic amines) is 1. The van der Waals surface area contributed by atoms with Crippen molar-refractivity contribution in [1.29, 1.82) is 0 Å². The van der Waals surface area contributed by atoms with E-state index in [9.17, 15) is 9.90 Å². The van der Waals surface area contributed by atoms with Gasteiger partial charge in [-0.25, -0.2) is 0 Å². The first-order valence-electron chi connectivity index (χ1n) is 6.26. The Morgan fingerprint density at radius 2 is 2.11 bits per heavy atom. The van der Waals surface area contributed by atoms with Crippen LogP contribution in [0.15, 0.2) is 30.3 Å². The topological polar surface area (TPSA) is 40.5 Å². The number of carboxylic acid groups (broad SMARTS) is 1. The summed E-state index contributed by atoms with van der Waals surface area (Å²) in [5.41, 5.74) is 1.32. The van der Waals surface area contributed by atoms with Crippen LogP contribution in [0.5, 0.6) is 0 Å². The summed E-state index contributed by atoms with van der Waals surface area (Å²) >= 11 is 1.87. The van der Waals surface area contributed by atoms with Crippen LogP contribution >= 0.6 is 11.8 Å². The van der Waals surface area contributed by atoms with Crippen molar-refractivity contribution in [2.24, 2.45) is 11.3 Å². The van der Waals surface area contributed by atoms with Gasteiger partial charge in [-0.05, 0) is 5.56 Å². The number of benzene rings is 1. The molecule has 0 bridgehead atoms. The number of nitrogens with zero attached hydrogens (tertiary/aromatic N) is 1. The average molecular weight is 263 g/mol. The first-order valence-corrected chi connectivity index (χ1v) is 7.42. The van der Waals surface area contributed by atoms with Gasteiger partial charge in [0.25, 0.3) is 0 Å². The predicted molar refractivity (Wildman–Crippen MR) is 72.6 cm³/mol. The van der Waals surface area contributed by atoms with Gasteiger partial charge in [-0.15, -0.1) is 0 Å². The standard InChI is InChI=1S/C14H17NO2S/c16-13(17)12-7-15(8-14(12)9-18-10-14)6-11-4-2-1-3-5-11/h1-5,12H,6-10H2,(H,16,17). The van der Waals surface area contributed by atoms with Crippen LogP contribution in [0.25, 0.3) is 0 Å². The van der Waals surface area contributed by atoms with Gasteiger partial charge in [0.15, 0.2) is 0 Å². The minimum Gasteiger partial charge on any atom is -0.481 e. The highest BCUT2D eigenvalue weighted by Crippen LogP contribution is 2.49. The third kappa shape index (κ3) is 2.04. The minimum atomic E-state index is -0.620. The fourth-order valence-electron chi connectivity index (χ4n) is 3.03. The van der Waals surface area contributed by atoms with E-state index >= 15 is 0 Å². The molecule has 2 aliphatic heterocycles. The van der Waals surface area contributed by atoms with E-state index < -0.39 is 5.97 Å². The molecule has 2 saturated heterocycles. The van der Waals surface area contributed by atoms with Gasteiger partial charge < -0.3 is 5.11 Å². The third-order valence-electron chi connectivity index (χ3n) is 4.04. The molecule has 0 radical (unpaired) electrons. The van der Waals surface area contributed by atoms with E-state index in [0.29, 0.717) is 6.54 Å². The molecule has 3 rings (SSSR count). The maximum absolute atomic E-state index is 11.4. The van der Waals surface area contributed by atoms with Crippen LogP contribution < -0.4 is 0 Å². The van der Waals surface area contributed by atoms with E-state index in [1.165, 1.54) is 5.56 Å².